The molecule has 0 radical (unpaired) electrons. The maximum Gasteiger partial charge on any atom is 0.0715 e. The first kappa shape index (κ1) is 8.65. The van der Waals surface area contributed by atoms with Gasteiger partial charge in [0.25, 0.3) is 0 Å². The quantitative estimate of drug-likeness (QED) is 0.646. The Kier molecular flexibility index (Phi) is 2.75. The number of benzene rings is 1. The van der Waals surface area contributed by atoms with E-state index in [0.29, 0.717) is 0 Å². The van der Waals surface area contributed by atoms with Gasteiger partial charge in [-0.3, -0.25) is 4.99 Å². The van der Waals surface area contributed by atoms with Gasteiger partial charge in [0, 0.05) is 18.0 Å². The number of aryl methyl sites for hydroxylation is 1. The lowest BCUT2D eigenvalue weighted by Crippen LogP contribution is -1.82. The molecule has 0 amide bonds. The van der Waals surface area contributed by atoms with Gasteiger partial charge in [0.15, 0.2) is 0 Å². The molecule has 0 aromatic heterocycles. The monoisotopic (exact) mass is 160 g/mol. The molecule has 0 saturated heterocycles. The highest BCUT2D eigenvalue weighted by atomic mass is 14.7. The van der Waals surface area contributed by atoms with Crippen molar-refractivity contribution in [2.75, 3.05) is 0 Å². The molecule has 62 valence electrons. The van der Waals surface area contributed by atoms with Gasteiger partial charge in [-0.2, -0.15) is 0 Å². The van der Waals surface area contributed by atoms with Crippen molar-refractivity contribution in [3.05, 3.63) is 29.3 Å². The Morgan fingerprint density at radius 2 is 2.17 bits per heavy atom. The van der Waals surface area contributed by atoms with Crippen LogP contribution < -0.4 is 0 Å². The predicted octanol–water partition coefficient (Wildman–Crippen LogP) is 2.71. The maximum atomic E-state index is 7.13. The van der Waals surface area contributed by atoms with Crippen LogP contribution in [0, 0.1) is 12.3 Å². The molecule has 2 heteroatoms. The van der Waals surface area contributed by atoms with Crippen molar-refractivity contribution >= 4 is 18.1 Å². The molecular weight excluding hydrogens is 148 g/mol. The van der Waals surface area contributed by atoms with Crippen LogP contribution >= 0.6 is 0 Å². The first-order valence-electron chi connectivity index (χ1n) is 3.87. The van der Waals surface area contributed by atoms with Crippen molar-refractivity contribution in [1.82, 2.24) is 0 Å². The van der Waals surface area contributed by atoms with Crippen molar-refractivity contribution in [2.45, 2.75) is 13.8 Å². The third-order valence-electron chi connectivity index (χ3n) is 1.61. The largest absolute Gasteiger partial charge is 0.308 e. The van der Waals surface area contributed by atoms with E-state index in [1.165, 1.54) is 11.8 Å². The third kappa shape index (κ3) is 1.78. The molecule has 0 fully saturated rings. The second-order valence-corrected chi connectivity index (χ2v) is 2.59. The van der Waals surface area contributed by atoms with Crippen LogP contribution in [-0.2, 0) is 0 Å². The van der Waals surface area contributed by atoms with Gasteiger partial charge in [-0.05, 0) is 25.5 Å². The Labute approximate surface area is 72.5 Å². The van der Waals surface area contributed by atoms with E-state index in [2.05, 4.69) is 4.99 Å². The topological polar surface area (TPSA) is 36.2 Å². The highest BCUT2D eigenvalue weighted by Crippen LogP contribution is 2.18. The molecule has 0 bridgehead atoms. The lowest BCUT2D eigenvalue weighted by molar-refractivity contribution is 1.41. The molecule has 1 N–H and O–H groups in total. The molecule has 0 aliphatic heterocycles. The average molecular weight is 160 g/mol. The van der Waals surface area contributed by atoms with Gasteiger partial charge in [-0.15, -0.1) is 0 Å². The van der Waals surface area contributed by atoms with Crippen LogP contribution in [0.15, 0.2) is 23.2 Å². The molecule has 1 aromatic carbocycles. The van der Waals surface area contributed by atoms with E-state index >= 15 is 0 Å². The zero-order valence-corrected chi connectivity index (χ0v) is 7.33. The molecule has 0 heterocycles. The summed E-state index contributed by atoms with van der Waals surface area (Å²) in [5.74, 6) is 0. The van der Waals surface area contributed by atoms with E-state index in [-0.39, 0.29) is 0 Å². The van der Waals surface area contributed by atoms with Gasteiger partial charge >= 0.3 is 0 Å². The van der Waals surface area contributed by atoms with Crippen molar-refractivity contribution < 1.29 is 0 Å². The third-order valence-corrected chi connectivity index (χ3v) is 1.61. The summed E-state index contributed by atoms with van der Waals surface area (Å²) in [4.78, 5) is 4.16. The molecule has 0 aliphatic rings. The molecule has 0 spiro atoms. The summed E-state index contributed by atoms with van der Waals surface area (Å²) in [6.07, 6.45) is 3.06. The minimum Gasteiger partial charge on any atom is -0.308 e. The molecule has 1 aromatic rings. The Morgan fingerprint density at radius 3 is 2.75 bits per heavy atom. The summed E-state index contributed by atoms with van der Waals surface area (Å²) in [5.41, 5.74) is 2.90. The minimum atomic E-state index is 0.860. The van der Waals surface area contributed by atoms with E-state index in [0.717, 1.165) is 11.3 Å². The molecular formula is C10H12N2. The van der Waals surface area contributed by atoms with E-state index in [9.17, 15) is 0 Å². The lowest BCUT2D eigenvalue weighted by atomic mass is 10.1. The van der Waals surface area contributed by atoms with Crippen LogP contribution in [0.4, 0.5) is 5.69 Å². The Balaban J connectivity index is 3.20. The SMILES string of the molecule is C/C=N\c1cc(C)ccc1C=N. The standard InChI is InChI=1S/C10H12N2/c1-3-12-10-6-8(2)4-5-9(10)7-11/h3-7,11H,1-2H3/b11-7?,12-3-. The van der Waals surface area contributed by atoms with Gasteiger partial charge in [-0.1, -0.05) is 12.1 Å². The zero-order chi connectivity index (χ0) is 8.97. The second-order valence-electron chi connectivity index (χ2n) is 2.59. The summed E-state index contributed by atoms with van der Waals surface area (Å²) in [6, 6.07) is 5.86. The number of rotatable bonds is 2. The van der Waals surface area contributed by atoms with E-state index in [1.54, 1.807) is 6.21 Å². The van der Waals surface area contributed by atoms with Crippen LogP contribution in [-0.4, -0.2) is 12.4 Å². The fourth-order valence-corrected chi connectivity index (χ4v) is 1.03. The fraction of sp³-hybridized carbons (Fsp3) is 0.200. The second kappa shape index (κ2) is 3.81. The number of hydrogen-bond acceptors (Lipinski definition) is 2. The van der Waals surface area contributed by atoms with E-state index in [4.69, 9.17) is 5.41 Å². The van der Waals surface area contributed by atoms with Crippen molar-refractivity contribution in [1.29, 1.82) is 5.41 Å². The minimum absolute atomic E-state index is 0.860. The number of aliphatic imine (C=N–C) groups is 1. The van der Waals surface area contributed by atoms with Crippen LogP contribution in [0.3, 0.4) is 0 Å². The molecule has 1 rings (SSSR count). The van der Waals surface area contributed by atoms with Crippen LogP contribution in [0.5, 0.6) is 0 Å². The fourth-order valence-electron chi connectivity index (χ4n) is 1.03. The zero-order valence-electron chi connectivity index (χ0n) is 7.33. The van der Waals surface area contributed by atoms with E-state index in [1.807, 2.05) is 32.0 Å². The van der Waals surface area contributed by atoms with Gasteiger partial charge in [0.1, 0.15) is 0 Å². The highest BCUT2D eigenvalue weighted by molar-refractivity contribution is 5.85. The summed E-state index contributed by atoms with van der Waals surface area (Å²) in [7, 11) is 0. The molecule has 2 nitrogen and oxygen atoms in total. The summed E-state index contributed by atoms with van der Waals surface area (Å²) < 4.78 is 0. The molecule has 0 aliphatic carbocycles. The first-order chi connectivity index (χ1) is 5.77. The van der Waals surface area contributed by atoms with Gasteiger partial charge in [-0.25, -0.2) is 0 Å². The lowest BCUT2D eigenvalue weighted by Gasteiger charge is -1.99. The van der Waals surface area contributed by atoms with Crippen LogP contribution in [0.1, 0.15) is 18.1 Å². The molecule has 0 saturated carbocycles. The van der Waals surface area contributed by atoms with Crippen molar-refractivity contribution in [3.8, 4) is 0 Å². The summed E-state index contributed by atoms with van der Waals surface area (Å²) in [6.45, 7) is 3.89. The smallest absolute Gasteiger partial charge is 0.0715 e. The summed E-state index contributed by atoms with van der Waals surface area (Å²) >= 11 is 0. The number of hydrogen-bond donors (Lipinski definition) is 1. The molecule has 12 heavy (non-hydrogen) atoms. The van der Waals surface area contributed by atoms with Gasteiger partial charge in [0.2, 0.25) is 0 Å². The summed E-state index contributed by atoms with van der Waals surface area (Å²) in [5, 5.41) is 7.13. The number of nitrogens with one attached hydrogen (secondary N) is 1. The number of nitrogens with zero attached hydrogens (tertiary/aromatic N) is 1. The van der Waals surface area contributed by atoms with Crippen molar-refractivity contribution in [2.24, 2.45) is 4.99 Å². The highest BCUT2D eigenvalue weighted by Gasteiger charge is 1.96. The maximum absolute atomic E-state index is 7.13. The Hall–Kier alpha value is -1.44. The molecule has 0 unspecified atom stereocenters. The van der Waals surface area contributed by atoms with Crippen LogP contribution in [0.2, 0.25) is 0 Å². The first-order valence-corrected chi connectivity index (χ1v) is 3.87. The predicted molar refractivity (Wildman–Crippen MR) is 52.9 cm³/mol. The van der Waals surface area contributed by atoms with Gasteiger partial charge < -0.3 is 5.41 Å². The van der Waals surface area contributed by atoms with Gasteiger partial charge in [0.05, 0.1) is 5.69 Å². The average Bonchev–Trinajstić information content (AvgIpc) is 2.05. The van der Waals surface area contributed by atoms with Crippen molar-refractivity contribution in [3.63, 3.8) is 0 Å². The normalized spacial score (nSPS) is 10.5. The van der Waals surface area contributed by atoms with E-state index < -0.39 is 0 Å². The molecule has 0 atom stereocenters. The van der Waals surface area contributed by atoms with Crippen LogP contribution in [0.25, 0.3) is 0 Å². The Bertz CT molecular complexity index is 314. The Morgan fingerprint density at radius 1 is 1.42 bits per heavy atom.